The first-order valence-corrected chi connectivity index (χ1v) is 9.38. The smallest absolute Gasteiger partial charge is 0.248 e. The number of amides is 3. The van der Waals surface area contributed by atoms with E-state index in [4.69, 9.17) is 5.73 Å². The minimum atomic E-state index is -1.48. The van der Waals surface area contributed by atoms with E-state index >= 15 is 0 Å². The summed E-state index contributed by atoms with van der Waals surface area (Å²) in [6, 6.07) is 7.44. The van der Waals surface area contributed by atoms with Gasteiger partial charge in [-0.1, -0.05) is 31.2 Å². The van der Waals surface area contributed by atoms with Gasteiger partial charge in [-0.3, -0.25) is 14.4 Å². The number of benzene rings is 1. The van der Waals surface area contributed by atoms with E-state index in [1.165, 1.54) is 18.0 Å². The summed E-state index contributed by atoms with van der Waals surface area (Å²) in [6.07, 6.45) is 3.52. The molecule has 1 aliphatic heterocycles. The maximum Gasteiger partial charge on any atom is 0.248 e. The number of carbonyl (C=O) groups excluding carboxylic acids is 4. The van der Waals surface area contributed by atoms with Gasteiger partial charge in [0.05, 0.1) is 6.54 Å². The fourth-order valence-electron chi connectivity index (χ4n) is 3.45. The normalized spacial score (nSPS) is 26.4. The number of primary amides is 1. The van der Waals surface area contributed by atoms with E-state index in [1.807, 2.05) is 24.3 Å². The molecule has 3 N–H and O–H groups in total. The van der Waals surface area contributed by atoms with Crippen LogP contribution in [-0.4, -0.2) is 34.9 Å². The van der Waals surface area contributed by atoms with Gasteiger partial charge in [-0.05, 0) is 30.4 Å². The zero-order valence-electron chi connectivity index (χ0n) is 16.1. The molecule has 1 fully saturated rings. The summed E-state index contributed by atoms with van der Waals surface area (Å²) >= 11 is 0. The Morgan fingerprint density at radius 2 is 2.04 bits per heavy atom. The van der Waals surface area contributed by atoms with Crippen molar-refractivity contribution in [1.82, 2.24) is 10.2 Å². The monoisotopic (exact) mass is 383 g/mol. The lowest BCUT2D eigenvalue weighted by Gasteiger charge is -2.35. The van der Waals surface area contributed by atoms with Gasteiger partial charge in [0.2, 0.25) is 17.7 Å². The van der Waals surface area contributed by atoms with E-state index < -0.39 is 17.2 Å². The molecule has 1 aliphatic carbocycles. The van der Waals surface area contributed by atoms with Crippen LogP contribution < -0.4 is 11.1 Å². The summed E-state index contributed by atoms with van der Waals surface area (Å²) in [6.45, 7) is 3.72. The van der Waals surface area contributed by atoms with Gasteiger partial charge in [0.15, 0.2) is 0 Å². The predicted octanol–water partition coefficient (Wildman–Crippen LogP) is 1.06. The number of nitrogens with one attached hydrogen (secondary N) is 1. The first kappa shape index (κ1) is 19.8. The fourth-order valence-corrected chi connectivity index (χ4v) is 3.45. The van der Waals surface area contributed by atoms with Gasteiger partial charge < -0.3 is 20.7 Å². The van der Waals surface area contributed by atoms with Gasteiger partial charge in [0, 0.05) is 30.7 Å². The van der Waals surface area contributed by atoms with Crippen LogP contribution in [0.1, 0.15) is 37.8 Å². The number of aldehydes is 1. The molecule has 0 saturated heterocycles. The van der Waals surface area contributed by atoms with Gasteiger partial charge in [-0.25, -0.2) is 0 Å². The van der Waals surface area contributed by atoms with Crippen LogP contribution in [0.5, 0.6) is 0 Å². The van der Waals surface area contributed by atoms with Crippen molar-refractivity contribution >= 4 is 24.0 Å². The van der Waals surface area contributed by atoms with E-state index in [-0.39, 0.29) is 31.3 Å². The molecule has 1 unspecified atom stereocenters. The number of nitrogens with two attached hydrogens (primary N) is 1. The summed E-state index contributed by atoms with van der Waals surface area (Å²) in [7, 11) is 0. The molecule has 7 heteroatoms. The standard InChI is InChI=1S/C21H25N3O4/c1-13-8-17(13)23-18(26)16-10-21(2,19(22)27)20(28)24(12-16)11-15-5-3-4-14(9-15)6-7-25/h3-5,7,9,12-13,17H,6,8,10-11H2,1-2H3,(H2,22,27)(H,23,26)/t13-,17-,21?/m0/s1. The van der Waals surface area contributed by atoms with Gasteiger partial charge >= 0.3 is 0 Å². The average molecular weight is 383 g/mol. The number of hydrogen-bond donors (Lipinski definition) is 2. The second-order valence-corrected chi connectivity index (χ2v) is 7.94. The quantitative estimate of drug-likeness (QED) is 0.542. The average Bonchev–Trinajstić information content (AvgIpc) is 3.33. The summed E-state index contributed by atoms with van der Waals surface area (Å²) < 4.78 is 0. The molecule has 2 aliphatic rings. The molecule has 1 saturated carbocycles. The van der Waals surface area contributed by atoms with Crippen molar-refractivity contribution in [3.8, 4) is 0 Å². The predicted molar refractivity (Wildman–Crippen MR) is 102 cm³/mol. The van der Waals surface area contributed by atoms with Gasteiger partial charge in [-0.2, -0.15) is 0 Å². The molecule has 0 spiro atoms. The molecule has 148 valence electrons. The van der Waals surface area contributed by atoms with Crippen molar-refractivity contribution in [3.63, 3.8) is 0 Å². The van der Waals surface area contributed by atoms with Gasteiger partial charge in [-0.15, -0.1) is 0 Å². The van der Waals surface area contributed by atoms with E-state index in [9.17, 15) is 19.2 Å². The molecule has 3 amide bonds. The maximum absolute atomic E-state index is 13.0. The van der Waals surface area contributed by atoms with Crippen LogP contribution in [0.25, 0.3) is 0 Å². The zero-order valence-corrected chi connectivity index (χ0v) is 16.1. The molecule has 0 radical (unpaired) electrons. The molecule has 3 atom stereocenters. The van der Waals surface area contributed by atoms with Crippen LogP contribution in [0.4, 0.5) is 0 Å². The Labute approximate surface area is 163 Å². The molecular formula is C21H25N3O4. The van der Waals surface area contributed by atoms with Crippen LogP contribution in [-0.2, 0) is 32.1 Å². The van der Waals surface area contributed by atoms with E-state index in [0.29, 0.717) is 11.5 Å². The van der Waals surface area contributed by atoms with Crippen molar-refractivity contribution in [2.45, 2.75) is 45.7 Å². The third kappa shape index (κ3) is 3.98. The first-order valence-electron chi connectivity index (χ1n) is 9.38. The van der Waals surface area contributed by atoms with Gasteiger partial charge in [0.25, 0.3) is 0 Å². The maximum atomic E-state index is 13.0. The molecule has 3 rings (SSSR count). The Morgan fingerprint density at radius 3 is 2.64 bits per heavy atom. The molecular weight excluding hydrogens is 358 g/mol. The van der Waals surface area contributed by atoms with Gasteiger partial charge in [0.1, 0.15) is 11.7 Å². The number of rotatable bonds is 7. The molecule has 0 aromatic heterocycles. The van der Waals surface area contributed by atoms with Crippen LogP contribution >= 0.6 is 0 Å². The van der Waals surface area contributed by atoms with Crippen LogP contribution in [0.2, 0.25) is 0 Å². The first-order chi connectivity index (χ1) is 13.2. The van der Waals surface area contributed by atoms with E-state index in [2.05, 4.69) is 12.2 Å². The van der Waals surface area contributed by atoms with Crippen molar-refractivity contribution in [2.75, 3.05) is 0 Å². The largest absolute Gasteiger partial charge is 0.369 e. The molecule has 0 bridgehead atoms. The molecule has 1 aromatic rings. The molecule has 1 aromatic carbocycles. The second kappa shape index (κ2) is 7.58. The van der Waals surface area contributed by atoms with Crippen LogP contribution in [0.15, 0.2) is 36.0 Å². The van der Waals surface area contributed by atoms with Crippen molar-refractivity contribution in [1.29, 1.82) is 0 Å². The highest BCUT2D eigenvalue weighted by Crippen LogP contribution is 2.35. The Hall–Kier alpha value is -2.96. The summed E-state index contributed by atoms with van der Waals surface area (Å²) in [5.41, 5.74) is 6.05. The highest BCUT2D eigenvalue weighted by Gasteiger charge is 2.47. The third-order valence-corrected chi connectivity index (χ3v) is 5.51. The molecule has 1 heterocycles. The van der Waals surface area contributed by atoms with Crippen LogP contribution in [0, 0.1) is 11.3 Å². The highest BCUT2D eigenvalue weighted by atomic mass is 16.2. The Kier molecular flexibility index (Phi) is 5.36. The van der Waals surface area contributed by atoms with Crippen molar-refractivity contribution < 1.29 is 19.2 Å². The summed E-state index contributed by atoms with van der Waals surface area (Å²) in [5.74, 6) is -1.02. The second-order valence-electron chi connectivity index (χ2n) is 7.94. The minimum Gasteiger partial charge on any atom is -0.369 e. The minimum absolute atomic E-state index is 0.0181. The topological polar surface area (TPSA) is 110 Å². The highest BCUT2D eigenvalue weighted by molar-refractivity contribution is 6.08. The Morgan fingerprint density at radius 1 is 1.36 bits per heavy atom. The Balaban J connectivity index is 1.87. The lowest BCUT2D eigenvalue weighted by molar-refractivity contribution is -0.148. The Bertz CT molecular complexity index is 863. The lowest BCUT2D eigenvalue weighted by Crippen LogP contribution is -2.51. The van der Waals surface area contributed by atoms with Crippen LogP contribution in [0.3, 0.4) is 0 Å². The lowest BCUT2D eigenvalue weighted by atomic mass is 9.78. The summed E-state index contributed by atoms with van der Waals surface area (Å²) in [5, 5.41) is 2.94. The third-order valence-electron chi connectivity index (χ3n) is 5.51. The van der Waals surface area contributed by atoms with Crippen molar-refractivity contribution in [2.24, 2.45) is 17.1 Å². The zero-order chi connectivity index (χ0) is 20.5. The SMILES string of the molecule is C[C@H]1C[C@@H]1NC(=O)C1=CN(Cc2cccc(CC=O)c2)C(=O)C(C)(C(N)=O)C1. The molecule has 28 heavy (non-hydrogen) atoms. The van der Waals surface area contributed by atoms with E-state index in [0.717, 1.165) is 23.8 Å². The summed E-state index contributed by atoms with van der Waals surface area (Å²) in [4.78, 5) is 49.8. The number of carbonyl (C=O) groups is 4. The number of nitrogens with zero attached hydrogens (tertiary/aromatic N) is 1. The number of hydrogen-bond acceptors (Lipinski definition) is 4. The molecule has 7 nitrogen and oxygen atoms in total. The van der Waals surface area contributed by atoms with Crippen molar-refractivity contribution in [3.05, 3.63) is 47.2 Å². The van der Waals surface area contributed by atoms with E-state index in [1.54, 1.807) is 0 Å². The fraction of sp³-hybridized carbons (Fsp3) is 0.429.